The minimum absolute atomic E-state index is 0.245. The molecule has 0 aliphatic heterocycles. The smallest absolute Gasteiger partial charge is 0.341 e. The maximum atomic E-state index is 12.1. The van der Waals surface area contributed by atoms with Crippen LogP contribution in [0.4, 0.5) is 0 Å². The monoisotopic (exact) mass is 384 g/mol. The Bertz CT molecular complexity index is 919. The van der Waals surface area contributed by atoms with Crippen LogP contribution in [-0.2, 0) is 19.1 Å². The van der Waals surface area contributed by atoms with E-state index in [9.17, 15) is 4.79 Å². The minimum Gasteiger partial charge on any atom is -0.503 e. The first-order valence-electron chi connectivity index (χ1n) is 8.57. The summed E-state index contributed by atoms with van der Waals surface area (Å²) in [5.74, 6) is 0.363. The SMILES string of the molecule is CO/C=C(\C(=O)OC)c1ccccc1Oc1nc(C)c(/C(C)=N\OC)cc1C. The number of benzene rings is 1. The quantitative estimate of drug-likeness (QED) is 0.236. The van der Waals surface area contributed by atoms with Crippen molar-refractivity contribution in [1.82, 2.24) is 4.98 Å². The lowest BCUT2D eigenvalue weighted by Gasteiger charge is -2.15. The number of rotatable bonds is 7. The average Bonchev–Trinajstić information content (AvgIpc) is 2.68. The average molecular weight is 384 g/mol. The summed E-state index contributed by atoms with van der Waals surface area (Å²) in [5, 5.41) is 3.96. The standard InChI is InChI=1S/C21H24N2O5/c1-13-11-17(15(3)23-27-6)14(2)22-20(13)28-19-10-8-7-9-16(19)18(12-25-4)21(24)26-5/h7-12H,1-6H3/b18-12-,23-15-. The number of hydrogen-bond donors (Lipinski definition) is 0. The van der Waals surface area contributed by atoms with Gasteiger partial charge >= 0.3 is 5.97 Å². The molecular weight excluding hydrogens is 360 g/mol. The highest BCUT2D eigenvalue weighted by Gasteiger charge is 2.19. The van der Waals surface area contributed by atoms with Crippen molar-refractivity contribution in [2.24, 2.45) is 5.16 Å². The van der Waals surface area contributed by atoms with Crippen LogP contribution in [0.25, 0.3) is 5.57 Å². The van der Waals surface area contributed by atoms with Crippen molar-refractivity contribution >= 4 is 17.3 Å². The predicted octanol–water partition coefficient (Wildman–Crippen LogP) is 4.02. The molecule has 148 valence electrons. The van der Waals surface area contributed by atoms with Gasteiger partial charge in [-0.15, -0.1) is 0 Å². The Balaban J connectivity index is 2.48. The van der Waals surface area contributed by atoms with Crippen LogP contribution in [0, 0.1) is 13.8 Å². The predicted molar refractivity (Wildman–Crippen MR) is 106 cm³/mol. The summed E-state index contributed by atoms with van der Waals surface area (Å²) < 4.78 is 15.9. The Morgan fingerprint density at radius 3 is 2.46 bits per heavy atom. The lowest BCUT2D eigenvalue weighted by atomic mass is 10.1. The molecule has 0 aliphatic carbocycles. The number of nitrogens with zero attached hydrogens (tertiary/aromatic N) is 2. The van der Waals surface area contributed by atoms with Crippen molar-refractivity contribution in [1.29, 1.82) is 0 Å². The van der Waals surface area contributed by atoms with Gasteiger partial charge in [0.05, 0.1) is 31.9 Å². The van der Waals surface area contributed by atoms with E-state index in [1.807, 2.05) is 32.9 Å². The van der Waals surface area contributed by atoms with Gasteiger partial charge in [0.15, 0.2) is 0 Å². The third-order valence-corrected chi connectivity index (χ3v) is 4.00. The molecule has 0 bridgehead atoms. The molecule has 0 unspecified atom stereocenters. The number of aromatic nitrogens is 1. The molecule has 0 spiro atoms. The Labute approximate surface area is 164 Å². The normalized spacial score (nSPS) is 11.8. The first-order chi connectivity index (χ1) is 13.4. The number of ether oxygens (including phenoxy) is 3. The van der Waals surface area contributed by atoms with Gasteiger partial charge in [0.1, 0.15) is 18.4 Å². The van der Waals surface area contributed by atoms with Gasteiger partial charge in [0, 0.05) is 16.7 Å². The number of carbonyl (C=O) groups excluding carboxylic acids is 1. The van der Waals surface area contributed by atoms with E-state index in [0.29, 0.717) is 17.2 Å². The molecule has 28 heavy (non-hydrogen) atoms. The number of oxime groups is 1. The molecule has 0 saturated carbocycles. The highest BCUT2D eigenvalue weighted by atomic mass is 16.6. The molecule has 7 heteroatoms. The highest BCUT2D eigenvalue weighted by Crippen LogP contribution is 2.32. The van der Waals surface area contributed by atoms with E-state index in [2.05, 4.69) is 10.1 Å². The van der Waals surface area contributed by atoms with Crippen LogP contribution >= 0.6 is 0 Å². The topological polar surface area (TPSA) is 79.2 Å². The number of hydrogen-bond acceptors (Lipinski definition) is 7. The number of para-hydroxylation sites is 1. The summed E-state index contributed by atoms with van der Waals surface area (Å²) in [6.45, 7) is 5.61. The van der Waals surface area contributed by atoms with Crippen LogP contribution < -0.4 is 4.74 Å². The third kappa shape index (κ3) is 4.68. The minimum atomic E-state index is -0.527. The first-order valence-corrected chi connectivity index (χ1v) is 8.57. The van der Waals surface area contributed by atoms with E-state index in [4.69, 9.17) is 19.0 Å². The summed E-state index contributed by atoms with van der Waals surface area (Å²) in [7, 11) is 4.27. The second-order valence-corrected chi connectivity index (χ2v) is 5.96. The van der Waals surface area contributed by atoms with Crippen LogP contribution in [0.5, 0.6) is 11.6 Å². The number of carbonyl (C=O) groups is 1. The van der Waals surface area contributed by atoms with E-state index in [0.717, 1.165) is 22.5 Å². The summed E-state index contributed by atoms with van der Waals surface area (Å²) >= 11 is 0. The summed E-state index contributed by atoms with van der Waals surface area (Å²) in [6.07, 6.45) is 1.33. The van der Waals surface area contributed by atoms with Gasteiger partial charge in [-0.3, -0.25) is 0 Å². The molecule has 0 aliphatic rings. The molecular formula is C21H24N2O5. The number of pyridine rings is 1. The zero-order chi connectivity index (χ0) is 20.7. The maximum absolute atomic E-state index is 12.1. The summed E-state index contributed by atoms with van der Waals surface area (Å²) in [6, 6.07) is 9.05. The van der Waals surface area contributed by atoms with Crippen molar-refractivity contribution in [3.8, 4) is 11.6 Å². The summed E-state index contributed by atoms with van der Waals surface area (Å²) in [5.41, 5.74) is 3.94. The fourth-order valence-corrected chi connectivity index (χ4v) is 2.67. The second kappa shape index (κ2) is 9.55. The van der Waals surface area contributed by atoms with Crippen molar-refractivity contribution in [3.63, 3.8) is 0 Å². The molecule has 0 amide bonds. The maximum Gasteiger partial charge on any atom is 0.341 e. The molecule has 2 aromatic rings. The molecule has 2 rings (SSSR count). The highest BCUT2D eigenvalue weighted by molar-refractivity contribution is 6.17. The molecule has 0 fully saturated rings. The van der Waals surface area contributed by atoms with Crippen molar-refractivity contribution in [2.75, 3.05) is 21.3 Å². The van der Waals surface area contributed by atoms with Gasteiger partial charge in [-0.1, -0.05) is 23.4 Å². The summed E-state index contributed by atoms with van der Waals surface area (Å²) in [4.78, 5) is 21.5. The van der Waals surface area contributed by atoms with Crippen molar-refractivity contribution in [2.45, 2.75) is 20.8 Å². The number of methoxy groups -OCH3 is 2. The molecule has 1 heterocycles. The van der Waals surface area contributed by atoms with Crippen molar-refractivity contribution < 1.29 is 23.8 Å². The van der Waals surface area contributed by atoms with Crippen LogP contribution in [0.3, 0.4) is 0 Å². The number of esters is 1. The molecule has 0 radical (unpaired) electrons. The van der Waals surface area contributed by atoms with E-state index in [1.165, 1.54) is 27.6 Å². The molecule has 0 atom stereocenters. The first kappa shape index (κ1) is 21.0. The Morgan fingerprint density at radius 2 is 1.82 bits per heavy atom. The lowest BCUT2D eigenvalue weighted by molar-refractivity contribution is -0.133. The zero-order valence-electron chi connectivity index (χ0n) is 16.9. The Morgan fingerprint density at radius 1 is 1.11 bits per heavy atom. The second-order valence-electron chi connectivity index (χ2n) is 5.96. The third-order valence-electron chi connectivity index (χ3n) is 4.00. The lowest BCUT2D eigenvalue weighted by Crippen LogP contribution is -2.07. The van der Waals surface area contributed by atoms with Crippen molar-refractivity contribution in [3.05, 3.63) is 59.0 Å². The van der Waals surface area contributed by atoms with Crippen LogP contribution in [0.1, 0.15) is 29.3 Å². The number of aryl methyl sites for hydroxylation is 2. The van der Waals surface area contributed by atoms with Crippen LogP contribution in [-0.4, -0.2) is 38.0 Å². The van der Waals surface area contributed by atoms with Gasteiger partial charge in [-0.2, -0.15) is 0 Å². The molecule has 1 aromatic carbocycles. The fourth-order valence-electron chi connectivity index (χ4n) is 2.67. The van der Waals surface area contributed by atoms with E-state index in [-0.39, 0.29) is 5.57 Å². The van der Waals surface area contributed by atoms with E-state index < -0.39 is 5.97 Å². The molecule has 0 N–H and O–H groups in total. The van der Waals surface area contributed by atoms with Crippen LogP contribution in [0.15, 0.2) is 41.7 Å². The zero-order valence-corrected chi connectivity index (χ0v) is 16.9. The van der Waals surface area contributed by atoms with Gasteiger partial charge in [-0.05, 0) is 32.9 Å². The van der Waals surface area contributed by atoms with Gasteiger partial charge in [0.25, 0.3) is 0 Å². The molecule has 1 aromatic heterocycles. The van der Waals surface area contributed by atoms with Gasteiger partial charge in [0.2, 0.25) is 5.88 Å². The van der Waals surface area contributed by atoms with Crippen LogP contribution in [0.2, 0.25) is 0 Å². The van der Waals surface area contributed by atoms with E-state index >= 15 is 0 Å². The Hall–Kier alpha value is -3.35. The largest absolute Gasteiger partial charge is 0.503 e. The molecule has 0 saturated heterocycles. The van der Waals surface area contributed by atoms with E-state index in [1.54, 1.807) is 18.2 Å². The fraction of sp³-hybridized carbons (Fsp3) is 0.286. The molecule has 7 nitrogen and oxygen atoms in total. The Kier molecular flexibility index (Phi) is 7.14. The van der Waals surface area contributed by atoms with Gasteiger partial charge < -0.3 is 19.0 Å². The van der Waals surface area contributed by atoms with Gasteiger partial charge in [-0.25, -0.2) is 9.78 Å².